The van der Waals surface area contributed by atoms with E-state index in [0.29, 0.717) is 18.0 Å². The van der Waals surface area contributed by atoms with Gasteiger partial charge in [-0.25, -0.2) is 8.42 Å². The predicted molar refractivity (Wildman–Crippen MR) is 95.3 cm³/mol. The number of aryl methyl sites for hydroxylation is 2. The van der Waals surface area contributed by atoms with Crippen LogP contribution in [0.3, 0.4) is 0 Å². The second kappa shape index (κ2) is 8.12. The number of hydrogen-bond donors (Lipinski definition) is 1. The van der Waals surface area contributed by atoms with Gasteiger partial charge < -0.3 is 5.32 Å². The number of unbranched alkanes of at least 4 members (excludes halogenated alkanes) is 1. The maximum Gasteiger partial charge on any atom is 0.243 e. The number of nitrogens with one attached hydrogen (secondary N) is 1. The highest BCUT2D eigenvalue weighted by atomic mass is 32.2. The van der Waals surface area contributed by atoms with Crippen LogP contribution in [0.2, 0.25) is 0 Å². The predicted octanol–water partition coefficient (Wildman–Crippen LogP) is 2.62. The fourth-order valence-electron chi connectivity index (χ4n) is 3.03. The van der Waals surface area contributed by atoms with Crippen LogP contribution in [0.25, 0.3) is 0 Å². The molecule has 24 heavy (non-hydrogen) atoms. The van der Waals surface area contributed by atoms with Crippen LogP contribution in [0.15, 0.2) is 23.1 Å². The van der Waals surface area contributed by atoms with Crippen LogP contribution in [-0.4, -0.2) is 38.3 Å². The first-order chi connectivity index (χ1) is 11.4. The fourth-order valence-corrected chi connectivity index (χ4v) is 4.87. The average Bonchev–Trinajstić information content (AvgIpc) is 2.57. The highest BCUT2D eigenvalue weighted by Crippen LogP contribution is 2.26. The molecule has 5 nitrogen and oxygen atoms in total. The van der Waals surface area contributed by atoms with E-state index in [2.05, 4.69) is 12.2 Å². The SMILES string of the molecule is CCCCNC(=O)[C@H]1CCCN(S(=O)(=O)c2cc(C)ccc2C)C1. The van der Waals surface area contributed by atoms with Crippen molar-refractivity contribution in [2.24, 2.45) is 5.92 Å². The molecular formula is C18H28N2O3S. The van der Waals surface area contributed by atoms with E-state index in [1.165, 1.54) is 4.31 Å². The molecule has 0 unspecified atom stereocenters. The van der Waals surface area contributed by atoms with Gasteiger partial charge >= 0.3 is 0 Å². The van der Waals surface area contributed by atoms with E-state index in [-0.39, 0.29) is 18.4 Å². The van der Waals surface area contributed by atoms with Crippen LogP contribution in [-0.2, 0) is 14.8 Å². The molecule has 1 saturated heterocycles. The normalized spacial score (nSPS) is 19.2. The molecule has 1 aromatic carbocycles. The van der Waals surface area contributed by atoms with Crippen molar-refractivity contribution in [1.29, 1.82) is 0 Å². The molecule has 1 aliphatic rings. The summed E-state index contributed by atoms with van der Waals surface area (Å²) in [5.74, 6) is -0.278. The second-order valence-electron chi connectivity index (χ2n) is 6.62. The minimum Gasteiger partial charge on any atom is -0.356 e. The first kappa shape index (κ1) is 18.9. The third kappa shape index (κ3) is 4.36. The van der Waals surface area contributed by atoms with Crippen LogP contribution in [0.1, 0.15) is 43.7 Å². The molecule has 0 saturated carbocycles. The molecular weight excluding hydrogens is 324 g/mol. The number of hydrogen-bond acceptors (Lipinski definition) is 3. The van der Waals surface area contributed by atoms with Crippen LogP contribution in [0, 0.1) is 19.8 Å². The Balaban J connectivity index is 2.13. The van der Waals surface area contributed by atoms with E-state index in [1.54, 1.807) is 6.07 Å². The van der Waals surface area contributed by atoms with Crippen LogP contribution in [0.5, 0.6) is 0 Å². The van der Waals surface area contributed by atoms with Crippen molar-refractivity contribution < 1.29 is 13.2 Å². The van der Waals surface area contributed by atoms with E-state index < -0.39 is 10.0 Å². The minimum atomic E-state index is -3.55. The van der Waals surface area contributed by atoms with Gasteiger partial charge in [-0.1, -0.05) is 25.5 Å². The van der Waals surface area contributed by atoms with E-state index in [4.69, 9.17) is 0 Å². The smallest absolute Gasteiger partial charge is 0.243 e. The van der Waals surface area contributed by atoms with E-state index in [1.807, 2.05) is 26.0 Å². The number of rotatable bonds is 6. The monoisotopic (exact) mass is 352 g/mol. The quantitative estimate of drug-likeness (QED) is 0.800. The molecule has 2 rings (SSSR count). The van der Waals surface area contributed by atoms with Gasteiger partial charge in [0, 0.05) is 19.6 Å². The summed E-state index contributed by atoms with van der Waals surface area (Å²) in [6, 6.07) is 5.46. The van der Waals surface area contributed by atoms with E-state index in [0.717, 1.165) is 36.8 Å². The Bertz CT molecular complexity index is 686. The lowest BCUT2D eigenvalue weighted by Crippen LogP contribution is -2.45. The topological polar surface area (TPSA) is 66.5 Å². The maximum absolute atomic E-state index is 13.0. The Hall–Kier alpha value is -1.40. The largest absolute Gasteiger partial charge is 0.356 e. The number of carbonyl (C=O) groups is 1. The van der Waals surface area contributed by atoms with Gasteiger partial charge in [-0.15, -0.1) is 0 Å². The zero-order chi connectivity index (χ0) is 17.7. The third-order valence-electron chi connectivity index (χ3n) is 4.55. The Kier molecular flexibility index (Phi) is 6.40. The summed E-state index contributed by atoms with van der Waals surface area (Å²) in [6.07, 6.45) is 3.44. The summed E-state index contributed by atoms with van der Waals surface area (Å²) in [4.78, 5) is 12.6. The number of amides is 1. The summed E-state index contributed by atoms with van der Waals surface area (Å²) >= 11 is 0. The van der Waals surface area contributed by atoms with Crippen molar-refractivity contribution >= 4 is 15.9 Å². The van der Waals surface area contributed by atoms with Gasteiger partial charge in [0.2, 0.25) is 15.9 Å². The summed E-state index contributed by atoms with van der Waals surface area (Å²) < 4.78 is 27.4. The Morgan fingerprint density at radius 2 is 2.08 bits per heavy atom. The zero-order valence-electron chi connectivity index (χ0n) is 14.8. The van der Waals surface area contributed by atoms with Crippen molar-refractivity contribution in [1.82, 2.24) is 9.62 Å². The van der Waals surface area contributed by atoms with Gasteiger partial charge in [-0.2, -0.15) is 4.31 Å². The summed E-state index contributed by atoms with van der Waals surface area (Å²) in [5, 5.41) is 2.93. The number of piperidine rings is 1. The van der Waals surface area contributed by atoms with Crippen LogP contribution >= 0.6 is 0 Å². The Morgan fingerprint density at radius 3 is 2.79 bits per heavy atom. The lowest BCUT2D eigenvalue weighted by molar-refractivity contribution is -0.126. The van der Waals surface area contributed by atoms with Gasteiger partial charge in [0.1, 0.15) is 0 Å². The third-order valence-corrected chi connectivity index (χ3v) is 6.55. The van der Waals surface area contributed by atoms with Crippen molar-refractivity contribution in [2.45, 2.75) is 51.3 Å². The lowest BCUT2D eigenvalue weighted by Gasteiger charge is -2.31. The zero-order valence-corrected chi connectivity index (χ0v) is 15.7. The molecule has 0 spiro atoms. The maximum atomic E-state index is 13.0. The Labute approximate surface area is 145 Å². The van der Waals surface area contributed by atoms with Crippen molar-refractivity contribution in [3.63, 3.8) is 0 Å². The molecule has 0 aromatic heterocycles. The average molecular weight is 353 g/mol. The summed E-state index contributed by atoms with van der Waals surface area (Å²) in [5.41, 5.74) is 1.67. The molecule has 0 bridgehead atoms. The first-order valence-corrected chi connectivity index (χ1v) is 10.2. The first-order valence-electron chi connectivity index (χ1n) is 8.71. The highest BCUT2D eigenvalue weighted by molar-refractivity contribution is 7.89. The standard InChI is InChI=1S/C18H28N2O3S/c1-4-5-10-19-18(21)16-7-6-11-20(13-16)24(22,23)17-12-14(2)8-9-15(17)3/h8-9,12,16H,4-7,10-11,13H2,1-3H3,(H,19,21)/t16-/m0/s1. The summed E-state index contributed by atoms with van der Waals surface area (Å²) in [6.45, 7) is 7.19. The van der Waals surface area contributed by atoms with Gasteiger partial charge in [0.25, 0.3) is 0 Å². The van der Waals surface area contributed by atoms with E-state index >= 15 is 0 Å². The molecule has 1 N–H and O–H groups in total. The minimum absolute atomic E-state index is 0.0238. The molecule has 134 valence electrons. The highest BCUT2D eigenvalue weighted by Gasteiger charge is 2.33. The number of benzene rings is 1. The van der Waals surface area contributed by atoms with Crippen molar-refractivity contribution in [2.75, 3.05) is 19.6 Å². The molecule has 1 amide bonds. The molecule has 1 atom stereocenters. The molecule has 1 fully saturated rings. The van der Waals surface area contributed by atoms with Gasteiger partial charge in [-0.3, -0.25) is 4.79 Å². The second-order valence-corrected chi connectivity index (χ2v) is 8.52. The molecule has 6 heteroatoms. The lowest BCUT2D eigenvalue weighted by atomic mass is 9.99. The van der Waals surface area contributed by atoms with Crippen molar-refractivity contribution in [3.8, 4) is 0 Å². The molecule has 1 aromatic rings. The molecule has 0 radical (unpaired) electrons. The van der Waals surface area contributed by atoms with Gasteiger partial charge in [0.15, 0.2) is 0 Å². The summed E-state index contributed by atoms with van der Waals surface area (Å²) in [7, 11) is -3.55. The number of nitrogens with zero attached hydrogens (tertiary/aromatic N) is 1. The number of carbonyl (C=O) groups excluding carboxylic acids is 1. The molecule has 0 aliphatic carbocycles. The fraction of sp³-hybridized carbons (Fsp3) is 0.611. The molecule has 1 aliphatic heterocycles. The molecule has 1 heterocycles. The van der Waals surface area contributed by atoms with E-state index in [9.17, 15) is 13.2 Å². The van der Waals surface area contributed by atoms with Crippen molar-refractivity contribution in [3.05, 3.63) is 29.3 Å². The van der Waals surface area contributed by atoms with Crippen LogP contribution in [0.4, 0.5) is 0 Å². The number of sulfonamides is 1. The Morgan fingerprint density at radius 1 is 1.33 bits per heavy atom. The van der Waals surface area contributed by atoms with Gasteiger partial charge in [-0.05, 0) is 50.3 Å². The van der Waals surface area contributed by atoms with Crippen LogP contribution < -0.4 is 5.32 Å². The van der Waals surface area contributed by atoms with Gasteiger partial charge in [0.05, 0.1) is 10.8 Å².